The Morgan fingerprint density at radius 3 is 2.83 bits per heavy atom. The van der Waals surface area contributed by atoms with E-state index >= 15 is 0 Å². The second-order valence-corrected chi connectivity index (χ2v) is 5.39. The van der Waals surface area contributed by atoms with Gasteiger partial charge in [0.25, 0.3) is 11.5 Å². The summed E-state index contributed by atoms with van der Waals surface area (Å²) in [6.07, 6.45) is 1.52. The summed E-state index contributed by atoms with van der Waals surface area (Å²) in [5.41, 5.74) is 0.664. The lowest BCUT2D eigenvalue weighted by molar-refractivity contribution is 0.0781. The molecule has 1 amide bonds. The van der Waals surface area contributed by atoms with Crippen molar-refractivity contribution in [1.82, 2.24) is 19.9 Å². The molecule has 0 bridgehead atoms. The number of nitrogens with zero attached hydrogens (tertiary/aromatic N) is 3. The number of hydrogen-bond donors (Lipinski definition) is 1. The van der Waals surface area contributed by atoms with E-state index in [0.717, 1.165) is 0 Å². The molecule has 2 aromatic heterocycles. The van der Waals surface area contributed by atoms with Crippen molar-refractivity contribution in [3.05, 3.63) is 69.5 Å². The Morgan fingerprint density at radius 2 is 2.04 bits per heavy atom. The Labute approximate surface area is 136 Å². The van der Waals surface area contributed by atoms with E-state index in [1.807, 2.05) is 6.07 Å². The summed E-state index contributed by atoms with van der Waals surface area (Å²) in [6, 6.07) is 10.3. The number of amides is 1. The Morgan fingerprint density at radius 1 is 1.26 bits per heavy atom. The van der Waals surface area contributed by atoms with Gasteiger partial charge < -0.3 is 9.88 Å². The summed E-state index contributed by atoms with van der Waals surface area (Å²) in [6.45, 7) is 0.157. The van der Waals surface area contributed by atoms with Crippen molar-refractivity contribution >= 4 is 28.4 Å². The molecule has 116 valence electrons. The van der Waals surface area contributed by atoms with Gasteiger partial charge in [-0.15, -0.1) is 0 Å². The van der Waals surface area contributed by atoms with Crippen molar-refractivity contribution < 1.29 is 4.79 Å². The zero-order valence-corrected chi connectivity index (χ0v) is 13.0. The van der Waals surface area contributed by atoms with Gasteiger partial charge in [-0.3, -0.25) is 9.59 Å². The van der Waals surface area contributed by atoms with Gasteiger partial charge in [0.1, 0.15) is 11.0 Å². The van der Waals surface area contributed by atoms with Crippen molar-refractivity contribution in [3.8, 4) is 0 Å². The fourth-order valence-electron chi connectivity index (χ4n) is 2.26. The first-order valence-corrected chi connectivity index (χ1v) is 7.28. The summed E-state index contributed by atoms with van der Waals surface area (Å²) < 4.78 is 0. The predicted octanol–water partition coefficient (Wildman–Crippen LogP) is 2.24. The normalized spacial score (nSPS) is 10.7. The molecule has 6 nitrogen and oxygen atoms in total. The number of rotatable bonds is 3. The maximum atomic E-state index is 12.4. The van der Waals surface area contributed by atoms with Gasteiger partial charge in [0.15, 0.2) is 0 Å². The van der Waals surface area contributed by atoms with Crippen LogP contribution in [0.5, 0.6) is 0 Å². The molecule has 0 saturated heterocycles. The molecule has 2 heterocycles. The van der Waals surface area contributed by atoms with Crippen molar-refractivity contribution in [3.63, 3.8) is 0 Å². The second kappa shape index (κ2) is 6.18. The summed E-state index contributed by atoms with van der Waals surface area (Å²) in [5, 5.41) is 0.657. The van der Waals surface area contributed by atoms with E-state index in [1.54, 1.807) is 37.4 Å². The molecular weight excluding hydrogens is 316 g/mol. The van der Waals surface area contributed by atoms with E-state index < -0.39 is 0 Å². The van der Waals surface area contributed by atoms with Gasteiger partial charge in [0, 0.05) is 13.2 Å². The van der Waals surface area contributed by atoms with Gasteiger partial charge in [-0.1, -0.05) is 23.7 Å². The van der Waals surface area contributed by atoms with Crippen molar-refractivity contribution in [2.24, 2.45) is 0 Å². The van der Waals surface area contributed by atoms with E-state index in [2.05, 4.69) is 15.0 Å². The first kappa shape index (κ1) is 15.2. The van der Waals surface area contributed by atoms with Crippen LogP contribution in [0.2, 0.25) is 5.15 Å². The number of carbonyl (C=O) groups excluding carboxylic acids is 1. The summed E-state index contributed by atoms with van der Waals surface area (Å²) >= 11 is 5.94. The van der Waals surface area contributed by atoms with Crippen molar-refractivity contribution in [1.29, 1.82) is 0 Å². The molecule has 0 radical (unpaired) electrons. The van der Waals surface area contributed by atoms with E-state index in [9.17, 15) is 9.59 Å². The van der Waals surface area contributed by atoms with Gasteiger partial charge in [-0.25, -0.2) is 9.97 Å². The molecule has 0 fully saturated rings. The quantitative estimate of drug-likeness (QED) is 0.748. The highest BCUT2D eigenvalue weighted by Gasteiger charge is 2.17. The smallest absolute Gasteiger partial charge is 0.258 e. The number of pyridine rings is 1. The Kier molecular flexibility index (Phi) is 4.08. The molecule has 0 unspecified atom stereocenters. The number of nitrogens with one attached hydrogen (secondary N) is 1. The molecule has 0 aliphatic heterocycles. The highest BCUT2D eigenvalue weighted by molar-refractivity contribution is 6.32. The first-order chi connectivity index (χ1) is 11.1. The number of carbonyl (C=O) groups is 1. The summed E-state index contributed by atoms with van der Waals surface area (Å²) in [4.78, 5) is 36.8. The third kappa shape index (κ3) is 3.07. The third-order valence-corrected chi connectivity index (χ3v) is 3.69. The molecule has 3 aromatic rings. The number of aromatic nitrogens is 3. The Bertz CT molecular complexity index is 939. The van der Waals surface area contributed by atoms with E-state index in [1.165, 1.54) is 11.1 Å². The van der Waals surface area contributed by atoms with Crippen molar-refractivity contribution in [2.75, 3.05) is 7.05 Å². The van der Waals surface area contributed by atoms with Gasteiger partial charge >= 0.3 is 0 Å². The molecule has 1 aromatic carbocycles. The molecular formula is C16H13ClN4O2. The minimum absolute atomic E-state index is 0.143. The van der Waals surface area contributed by atoms with Crippen LogP contribution in [0.3, 0.4) is 0 Å². The molecule has 23 heavy (non-hydrogen) atoms. The van der Waals surface area contributed by atoms with Crippen LogP contribution in [0.25, 0.3) is 10.9 Å². The van der Waals surface area contributed by atoms with Crippen LogP contribution < -0.4 is 5.56 Å². The Balaban J connectivity index is 1.88. The van der Waals surface area contributed by atoms with E-state index in [0.29, 0.717) is 22.3 Å². The maximum Gasteiger partial charge on any atom is 0.258 e. The lowest BCUT2D eigenvalue weighted by Crippen LogP contribution is -2.28. The van der Waals surface area contributed by atoms with E-state index in [-0.39, 0.29) is 23.2 Å². The van der Waals surface area contributed by atoms with Crippen LogP contribution in [-0.2, 0) is 6.54 Å². The lowest BCUT2D eigenvalue weighted by Gasteiger charge is -2.17. The summed E-state index contributed by atoms with van der Waals surface area (Å²) in [5.74, 6) is 0.114. The molecule has 0 aliphatic carbocycles. The monoisotopic (exact) mass is 328 g/mol. The molecule has 0 spiro atoms. The third-order valence-electron chi connectivity index (χ3n) is 3.39. The number of aromatic amines is 1. The fraction of sp³-hybridized carbons (Fsp3) is 0.125. The van der Waals surface area contributed by atoms with Gasteiger partial charge in [0.2, 0.25) is 0 Å². The average Bonchev–Trinajstić information content (AvgIpc) is 2.54. The SMILES string of the molecule is CN(Cc1nc2ccccc2c(=O)[nH]1)C(=O)c1cccnc1Cl. The average molecular weight is 329 g/mol. The van der Waals surface area contributed by atoms with Crippen LogP contribution >= 0.6 is 11.6 Å². The minimum Gasteiger partial charge on any atom is -0.334 e. The molecule has 7 heteroatoms. The number of hydrogen-bond acceptors (Lipinski definition) is 4. The van der Waals surface area contributed by atoms with Crippen LogP contribution in [0.4, 0.5) is 0 Å². The molecule has 3 rings (SSSR count). The van der Waals surface area contributed by atoms with Crippen LogP contribution in [0, 0.1) is 0 Å². The highest BCUT2D eigenvalue weighted by Crippen LogP contribution is 2.14. The van der Waals surface area contributed by atoms with E-state index in [4.69, 9.17) is 11.6 Å². The standard InChI is InChI=1S/C16H13ClN4O2/c1-21(16(23)11-6-4-8-18-14(11)17)9-13-19-12-7-3-2-5-10(12)15(22)20-13/h2-8H,9H2,1H3,(H,19,20,22). The zero-order chi connectivity index (χ0) is 16.4. The fourth-order valence-corrected chi connectivity index (χ4v) is 2.46. The predicted molar refractivity (Wildman–Crippen MR) is 87.4 cm³/mol. The number of halogens is 1. The first-order valence-electron chi connectivity index (χ1n) is 6.90. The number of para-hydroxylation sites is 1. The maximum absolute atomic E-state index is 12.4. The summed E-state index contributed by atoms with van der Waals surface area (Å²) in [7, 11) is 1.61. The second-order valence-electron chi connectivity index (χ2n) is 5.03. The minimum atomic E-state index is -0.293. The number of fused-ring (bicyclic) bond motifs is 1. The van der Waals surface area contributed by atoms with Crippen LogP contribution in [-0.4, -0.2) is 32.8 Å². The largest absolute Gasteiger partial charge is 0.334 e. The van der Waals surface area contributed by atoms with Gasteiger partial charge in [-0.05, 0) is 24.3 Å². The molecule has 0 atom stereocenters. The molecule has 0 aliphatic rings. The van der Waals surface area contributed by atoms with Gasteiger partial charge in [-0.2, -0.15) is 0 Å². The lowest BCUT2D eigenvalue weighted by atomic mass is 10.2. The van der Waals surface area contributed by atoms with Crippen LogP contribution in [0.15, 0.2) is 47.4 Å². The van der Waals surface area contributed by atoms with Crippen LogP contribution in [0.1, 0.15) is 16.2 Å². The molecule has 1 N–H and O–H groups in total. The topological polar surface area (TPSA) is 79.0 Å². The number of H-pyrrole nitrogens is 1. The Hall–Kier alpha value is -2.73. The van der Waals surface area contributed by atoms with Crippen molar-refractivity contribution in [2.45, 2.75) is 6.54 Å². The van der Waals surface area contributed by atoms with Gasteiger partial charge in [0.05, 0.1) is 23.0 Å². The highest BCUT2D eigenvalue weighted by atomic mass is 35.5. The zero-order valence-electron chi connectivity index (χ0n) is 12.3. The number of benzene rings is 1. The molecule has 0 saturated carbocycles.